The van der Waals surface area contributed by atoms with E-state index < -0.39 is 11.6 Å². The maximum Gasteiger partial charge on any atom is 0.132 e. The minimum Gasteiger partial charge on any atom is -0.396 e. The summed E-state index contributed by atoms with van der Waals surface area (Å²) in [5.41, 5.74) is 1.16. The van der Waals surface area contributed by atoms with Crippen LogP contribution in [0.2, 0.25) is 0 Å². The molecular weight excluding hydrogens is 215 g/mol. The Balaban J connectivity index is 2.80. The average Bonchev–Trinajstić information content (AvgIpc) is 2.28. The summed E-state index contributed by atoms with van der Waals surface area (Å²) in [6, 6.07) is 7.63. The topological polar surface area (TPSA) is 20.2 Å². The third kappa shape index (κ3) is 3.81. The van der Waals surface area contributed by atoms with Crippen molar-refractivity contribution in [3.05, 3.63) is 35.4 Å². The van der Waals surface area contributed by atoms with Crippen LogP contribution in [0.3, 0.4) is 0 Å². The Kier molecular flexibility index (Phi) is 4.70. The molecule has 0 saturated heterocycles. The Labute approximate surface area is 104 Å². The van der Waals surface area contributed by atoms with Crippen molar-refractivity contribution in [2.24, 2.45) is 11.3 Å². The number of halogens is 1. The first-order chi connectivity index (χ1) is 7.86. The number of benzene rings is 1. The molecule has 1 rings (SSSR count). The highest BCUT2D eigenvalue weighted by atomic mass is 19.1. The summed E-state index contributed by atoms with van der Waals surface area (Å²) in [4.78, 5) is 0. The van der Waals surface area contributed by atoms with Crippen LogP contribution in [0.5, 0.6) is 0 Å². The Bertz CT molecular complexity index is 340. The van der Waals surface area contributed by atoms with Gasteiger partial charge in [-0.05, 0) is 23.5 Å². The molecule has 0 bridgehead atoms. The van der Waals surface area contributed by atoms with E-state index in [2.05, 4.69) is 13.8 Å². The van der Waals surface area contributed by atoms with Crippen molar-refractivity contribution >= 4 is 0 Å². The molecule has 0 spiro atoms. The van der Waals surface area contributed by atoms with Gasteiger partial charge in [0.25, 0.3) is 0 Å². The third-order valence-corrected chi connectivity index (χ3v) is 3.01. The van der Waals surface area contributed by atoms with Gasteiger partial charge in [0.1, 0.15) is 6.17 Å². The minimum absolute atomic E-state index is 0.151. The Morgan fingerprint density at radius 1 is 1.18 bits per heavy atom. The first-order valence-electron chi connectivity index (χ1n) is 6.20. The maximum atomic E-state index is 14.1. The summed E-state index contributed by atoms with van der Waals surface area (Å²) in [5, 5.41) is 9.16. The van der Waals surface area contributed by atoms with Gasteiger partial charge >= 0.3 is 0 Å². The van der Waals surface area contributed by atoms with Crippen LogP contribution in [0.4, 0.5) is 4.39 Å². The molecule has 1 unspecified atom stereocenters. The van der Waals surface area contributed by atoms with E-state index in [1.807, 2.05) is 24.3 Å². The van der Waals surface area contributed by atoms with Crippen LogP contribution in [0.1, 0.15) is 45.0 Å². The Morgan fingerprint density at radius 2 is 1.71 bits per heavy atom. The lowest BCUT2D eigenvalue weighted by atomic mass is 9.84. The van der Waals surface area contributed by atoms with Crippen LogP contribution in [-0.2, 0) is 6.42 Å². The zero-order valence-corrected chi connectivity index (χ0v) is 11.2. The molecule has 0 aliphatic carbocycles. The molecule has 0 radical (unpaired) electrons. The highest BCUT2D eigenvalue weighted by molar-refractivity contribution is 5.25. The molecule has 96 valence electrons. The SMILES string of the molecule is CC(C)Cc1ccc(C(F)C(C)(C)CO)cc1. The molecular formula is C15H23FO. The number of alkyl halides is 1. The summed E-state index contributed by atoms with van der Waals surface area (Å²) < 4.78 is 14.1. The molecule has 1 aromatic rings. The number of aliphatic hydroxyl groups excluding tert-OH is 1. The summed E-state index contributed by atoms with van der Waals surface area (Å²) in [5.74, 6) is 0.607. The highest BCUT2D eigenvalue weighted by Crippen LogP contribution is 2.36. The normalized spacial score (nSPS) is 14.1. The van der Waals surface area contributed by atoms with E-state index in [1.54, 1.807) is 13.8 Å². The molecule has 1 atom stereocenters. The average molecular weight is 238 g/mol. The van der Waals surface area contributed by atoms with E-state index in [1.165, 1.54) is 5.56 Å². The molecule has 0 amide bonds. The van der Waals surface area contributed by atoms with E-state index >= 15 is 0 Å². The second kappa shape index (κ2) is 5.63. The molecule has 0 saturated carbocycles. The molecule has 1 N–H and O–H groups in total. The van der Waals surface area contributed by atoms with E-state index in [-0.39, 0.29) is 6.61 Å². The fraction of sp³-hybridized carbons (Fsp3) is 0.600. The van der Waals surface area contributed by atoms with Crippen molar-refractivity contribution < 1.29 is 9.50 Å². The summed E-state index contributed by atoms with van der Waals surface area (Å²) in [6.45, 7) is 7.66. The van der Waals surface area contributed by atoms with Gasteiger partial charge < -0.3 is 5.11 Å². The molecule has 0 heterocycles. The van der Waals surface area contributed by atoms with E-state index in [0.29, 0.717) is 11.5 Å². The van der Waals surface area contributed by atoms with Crippen LogP contribution in [0, 0.1) is 11.3 Å². The van der Waals surface area contributed by atoms with Gasteiger partial charge in [-0.1, -0.05) is 52.0 Å². The van der Waals surface area contributed by atoms with Crippen LogP contribution in [0.25, 0.3) is 0 Å². The van der Waals surface area contributed by atoms with Gasteiger partial charge in [-0.2, -0.15) is 0 Å². The standard InChI is InChI=1S/C15H23FO/c1-11(2)9-12-5-7-13(8-6-12)14(16)15(3,4)10-17/h5-8,11,14,17H,9-10H2,1-4H3. The largest absolute Gasteiger partial charge is 0.396 e. The second-order valence-corrected chi connectivity index (χ2v) is 5.85. The summed E-state index contributed by atoms with van der Waals surface area (Å²) in [6.07, 6.45) is -0.110. The van der Waals surface area contributed by atoms with E-state index in [0.717, 1.165) is 6.42 Å². The molecule has 0 aliphatic heterocycles. The van der Waals surface area contributed by atoms with Crippen molar-refractivity contribution in [2.75, 3.05) is 6.61 Å². The van der Waals surface area contributed by atoms with Gasteiger partial charge in [-0.3, -0.25) is 0 Å². The summed E-state index contributed by atoms with van der Waals surface area (Å²) in [7, 11) is 0. The lowest BCUT2D eigenvalue weighted by Crippen LogP contribution is -2.23. The van der Waals surface area contributed by atoms with Gasteiger partial charge in [0.15, 0.2) is 0 Å². The van der Waals surface area contributed by atoms with Gasteiger partial charge in [0, 0.05) is 5.41 Å². The summed E-state index contributed by atoms with van der Waals surface area (Å²) >= 11 is 0. The van der Waals surface area contributed by atoms with Gasteiger partial charge in [-0.25, -0.2) is 4.39 Å². The molecule has 1 aromatic carbocycles. The second-order valence-electron chi connectivity index (χ2n) is 5.85. The van der Waals surface area contributed by atoms with Crippen molar-refractivity contribution in [1.82, 2.24) is 0 Å². The Morgan fingerprint density at radius 3 is 2.12 bits per heavy atom. The first kappa shape index (κ1) is 14.2. The van der Waals surface area contributed by atoms with Crippen molar-refractivity contribution in [3.63, 3.8) is 0 Å². The van der Waals surface area contributed by atoms with Crippen LogP contribution in [0.15, 0.2) is 24.3 Å². The minimum atomic E-state index is -1.12. The van der Waals surface area contributed by atoms with Crippen molar-refractivity contribution in [3.8, 4) is 0 Å². The number of aliphatic hydroxyl groups is 1. The molecule has 1 nitrogen and oxygen atoms in total. The molecule has 17 heavy (non-hydrogen) atoms. The van der Waals surface area contributed by atoms with Crippen molar-refractivity contribution in [1.29, 1.82) is 0 Å². The van der Waals surface area contributed by atoms with Gasteiger partial charge in [0.2, 0.25) is 0 Å². The van der Waals surface area contributed by atoms with Crippen LogP contribution in [-0.4, -0.2) is 11.7 Å². The Hall–Kier alpha value is -0.890. The highest BCUT2D eigenvalue weighted by Gasteiger charge is 2.30. The molecule has 0 aromatic heterocycles. The molecule has 2 heteroatoms. The predicted molar refractivity (Wildman–Crippen MR) is 69.7 cm³/mol. The fourth-order valence-corrected chi connectivity index (χ4v) is 1.83. The zero-order chi connectivity index (χ0) is 13.1. The van der Waals surface area contributed by atoms with E-state index in [4.69, 9.17) is 5.11 Å². The van der Waals surface area contributed by atoms with E-state index in [9.17, 15) is 4.39 Å². The number of hydrogen-bond acceptors (Lipinski definition) is 1. The number of hydrogen-bond donors (Lipinski definition) is 1. The van der Waals surface area contributed by atoms with Crippen LogP contribution >= 0.6 is 0 Å². The monoisotopic (exact) mass is 238 g/mol. The lowest BCUT2D eigenvalue weighted by molar-refractivity contribution is 0.0664. The van der Waals surface area contributed by atoms with Crippen LogP contribution < -0.4 is 0 Å². The predicted octanol–water partition coefficient (Wildman–Crippen LogP) is 3.91. The van der Waals surface area contributed by atoms with Gasteiger partial charge in [-0.15, -0.1) is 0 Å². The number of rotatable bonds is 5. The zero-order valence-electron chi connectivity index (χ0n) is 11.2. The molecule has 0 fully saturated rings. The first-order valence-corrected chi connectivity index (χ1v) is 6.20. The third-order valence-electron chi connectivity index (χ3n) is 3.01. The van der Waals surface area contributed by atoms with Gasteiger partial charge in [0.05, 0.1) is 6.61 Å². The molecule has 0 aliphatic rings. The van der Waals surface area contributed by atoms with Crippen molar-refractivity contribution in [2.45, 2.75) is 40.3 Å². The lowest BCUT2D eigenvalue weighted by Gasteiger charge is -2.26. The maximum absolute atomic E-state index is 14.1. The fourth-order valence-electron chi connectivity index (χ4n) is 1.83. The quantitative estimate of drug-likeness (QED) is 0.824. The smallest absolute Gasteiger partial charge is 0.132 e.